The van der Waals surface area contributed by atoms with Crippen LogP contribution in [0.25, 0.3) is 0 Å². The molecule has 17 heavy (non-hydrogen) atoms. The summed E-state index contributed by atoms with van der Waals surface area (Å²) in [6.45, 7) is 2.18. The Bertz CT molecular complexity index is 384. The van der Waals surface area contributed by atoms with Crippen molar-refractivity contribution in [3.63, 3.8) is 0 Å². The fourth-order valence-corrected chi connectivity index (χ4v) is 2.24. The second kappa shape index (κ2) is 5.23. The van der Waals surface area contributed by atoms with Crippen molar-refractivity contribution in [3.05, 3.63) is 12.1 Å². The third-order valence-corrected chi connectivity index (χ3v) is 3.22. The number of rotatable bonds is 4. The van der Waals surface area contributed by atoms with Crippen molar-refractivity contribution < 1.29 is 9.84 Å². The summed E-state index contributed by atoms with van der Waals surface area (Å²) in [7, 11) is 1.57. The first-order valence-corrected chi connectivity index (χ1v) is 5.91. The molecule has 0 saturated carbocycles. The minimum absolute atomic E-state index is 0.261. The normalized spacial score (nSPS) is 19.6. The number of aliphatic hydroxyl groups is 1. The summed E-state index contributed by atoms with van der Waals surface area (Å²) in [5, 5.41) is 8.93. The van der Waals surface area contributed by atoms with E-state index in [0.717, 1.165) is 31.7 Å². The van der Waals surface area contributed by atoms with E-state index in [4.69, 9.17) is 15.6 Å². The Hall–Kier alpha value is -1.49. The van der Waals surface area contributed by atoms with E-state index < -0.39 is 0 Å². The van der Waals surface area contributed by atoms with Crippen LogP contribution in [0.3, 0.4) is 0 Å². The highest BCUT2D eigenvalue weighted by Crippen LogP contribution is 2.27. The number of pyridine rings is 1. The Morgan fingerprint density at radius 3 is 3.12 bits per heavy atom. The van der Waals surface area contributed by atoms with Crippen LogP contribution in [0.1, 0.15) is 12.8 Å². The van der Waals surface area contributed by atoms with Crippen LogP contribution in [0.4, 0.5) is 11.5 Å². The van der Waals surface area contributed by atoms with E-state index in [9.17, 15) is 0 Å². The fourth-order valence-electron chi connectivity index (χ4n) is 2.24. The van der Waals surface area contributed by atoms with Crippen molar-refractivity contribution in [3.8, 4) is 5.88 Å². The summed E-state index contributed by atoms with van der Waals surface area (Å²) >= 11 is 0. The molecule has 0 spiro atoms. The van der Waals surface area contributed by atoms with E-state index in [1.807, 2.05) is 12.1 Å². The molecule has 1 aromatic heterocycles. The van der Waals surface area contributed by atoms with Crippen LogP contribution >= 0.6 is 0 Å². The molecule has 2 heterocycles. The third-order valence-electron chi connectivity index (χ3n) is 3.22. The maximum atomic E-state index is 8.93. The number of nitrogens with two attached hydrogens (primary N) is 1. The third kappa shape index (κ3) is 2.61. The van der Waals surface area contributed by atoms with Gasteiger partial charge < -0.3 is 20.5 Å². The average molecular weight is 237 g/mol. The molecule has 1 aliphatic rings. The highest BCUT2D eigenvalue weighted by atomic mass is 16.5. The van der Waals surface area contributed by atoms with E-state index in [1.165, 1.54) is 0 Å². The molecule has 1 atom stereocenters. The van der Waals surface area contributed by atoms with Gasteiger partial charge in [0.1, 0.15) is 5.82 Å². The molecular formula is C12H19N3O2. The molecule has 1 saturated heterocycles. The van der Waals surface area contributed by atoms with Gasteiger partial charge in [-0.3, -0.25) is 0 Å². The lowest BCUT2D eigenvalue weighted by atomic mass is 10.1. The molecule has 0 radical (unpaired) electrons. The largest absolute Gasteiger partial charge is 0.479 e. The maximum Gasteiger partial charge on any atom is 0.238 e. The number of nitrogens with zero attached hydrogens (tertiary/aromatic N) is 2. The molecule has 1 fully saturated rings. The van der Waals surface area contributed by atoms with Crippen molar-refractivity contribution in [1.82, 2.24) is 4.98 Å². The number of anilines is 2. The minimum Gasteiger partial charge on any atom is -0.479 e. The van der Waals surface area contributed by atoms with Crippen LogP contribution in [-0.4, -0.2) is 36.9 Å². The average Bonchev–Trinajstić information content (AvgIpc) is 2.79. The Morgan fingerprint density at radius 2 is 2.41 bits per heavy atom. The fraction of sp³-hybridized carbons (Fsp3) is 0.583. The van der Waals surface area contributed by atoms with Crippen LogP contribution in [0.2, 0.25) is 0 Å². The second-order valence-corrected chi connectivity index (χ2v) is 4.38. The molecule has 0 aromatic carbocycles. The van der Waals surface area contributed by atoms with Gasteiger partial charge in [-0.05, 0) is 30.9 Å². The molecule has 1 aromatic rings. The molecule has 0 amide bonds. The van der Waals surface area contributed by atoms with Crippen LogP contribution < -0.4 is 15.4 Å². The number of nitrogen functional groups attached to an aromatic ring is 1. The minimum atomic E-state index is 0.261. The van der Waals surface area contributed by atoms with Crippen LogP contribution in [0.5, 0.6) is 5.88 Å². The molecular weight excluding hydrogens is 218 g/mol. The Balaban J connectivity index is 2.08. The summed E-state index contributed by atoms with van der Waals surface area (Å²) in [6.07, 6.45) is 1.97. The monoisotopic (exact) mass is 237 g/mol. The number of ether oxygens (including phenoxy) is 1. The zero-order valence-corrected chi connectivity index (χ0v) is 10.1. The van der Waals surface area contributed by atoms with Gasteiger partial charge in [-0.15, -0.1) is 0 Å². The predicted octanol–water partition coefficient (Wildman–Crippen LogP) is 0.881. The first-order valence-electron chi connectivity index (χ1n) is 5.91. The molecule has 3 N–H and O–H groups in total. The first kappa shape index (κ1) is 12.0. The van der Waals surface area contributed by atoms with Gasteiger partial charge in [-0.25, -0.2) is 0 Å². The molecule has 94 valence electrons. The summed E-state index contributed by atoms with van der Waals surface area (Å²) in [6, 6.07) is 3.74. The van der Waals surface area contributed by atoms with E-state index in [1.54, 1.807) is 7.11 Å². The molecule has 2 rings (SSSR count). The highest BCUT2D eigenvalue weighted by Gasteiger charge is 2.23. The number of hydrogen-bond acceptors (Lipinski definition) is 5. The van der Waals surface area contributed by atoms with Gasteiger partial charge in [0.25, 0.3) is 0 Å². The predicted molar refractivity (Wildman–Crippen MR) is 67.2 cm³/mol. The Labute approximate surface area is 101 Å². The van der Waals surface area contributed by atoms with Gasteiger partial charge in [0.05, 0.1) is 12.8 Å². The molecule has 5 nitrogen and oxygen atoms in total. The first-order chi connectivity index (χ1) is 8.24. The van der Waals surface area contributed by atoms with E-state index in [-0.39, 0.29) is 6.61 Å². The maximum absolute atomic E-state index is 8.93. The van der Waals surface area contributed by atoms with E-state index in [0.29, 0.717) is 17.5 Å². The number of methoxy groups -OCH3 is 1. The number of aliphatic hydroxyl groups excluding tert-OH is 1. The van der Waals surface area contributed by atoms with E-state index >= 15 is 0 Å². The lowest BCUT2D eigenvalue weighted by molar-refractivity contribution is 0.263. The van der Waals surface area contributed by atoms with Crippen LogP contribution in [0.15, 0.2) is 12.1 Å². The second-order valence-electron chi connectivity index (χ2n) is 4.38. The SMILES string of the molecule is COc1nc(N2CCC(CCO)C2)ccc1N. The summed E-state index contributed by atoms with van der Waals surface area (Å²) < 4.78 is 5.12. The number of aromatic nitrogens is 1. The topological polar surface area (TPSA) is 71.6 Å². The van der Waals surface area contributed by atoms with E-state index in [2.05, 4.69) is 9.88 Å². The summed E-state index contributed by atoms with van der Waals surface area (Å²) in [5.41, 5.74) is 6.29. The van der Waals surface area contributed by atoms with Crippen LogP contribution in [0, 0.1) is 5.92 Å². The zero-order valence-electron chi connectivity index (χ0n) is 10.1. The number of hydrogen-bond donors (Lipinski definition) is 2. The highest BCUT2D eigenvalue weighted by molar-refractivity contribution is 5.54. The van der Waals surface area contributed by atoms with Crippen molar-refractivity contribution >= 4 is 11.5 Å². The quantitative estimate of drug-likeness (QED) is 0.813. The smallest absolute Gasteiger partial charge is 0.238 e. The lowest BCUT2D eigenvalue weighted by Gasteiger charge is -2.18. The van der Waals surface area contributed by atoms with Gasteiger partial charge in [0.2, 0.25) is 5.88 Å². The van der Waals surface area contributed by atoms with Crippen molar-refractivity contribution in [2.45, 2.75) is 12.8 Å². The van der Waals surface area contributed by atoms with Gasteiger partial charge >= 0.3 is 0 Å². The molecule has 5 heteroatoms. The lowest BCUT2D eigenvalue weighted by Crippen LogP contribution is -2.21. The van der Waals surface area contributed by atoms with Gasteiger partial charge in [-0.2, -0.15) is 4.98 Å². The summed E-state index contributed by atoms with van der Waals surface area (Å²) in [4.78, 5) is 6.59. The van der Waals surface area contributed by atoms with Gasteiger partial charge in [0.15, 0.2) is 0 Å². The van der Waals surface area contributed by atoms with Crippen molar-refractivity contribution in [2.75, 3.05) is 37.4 Å². The van der Waals surface area contributed by atoms with Crippen molar-refractivity contribution in [2.24, 2.45) is 5.92 Å². The zero-order chi connectivity index (χ0) is 12.3. The molecule has 0 aliphatic carbocycles. The molecule has 1 unspecified atom stereocenters. The van der Waals surface area contributed by atoms with Gasteiger partial charge in [0, 0.05) is 19.7 Å². The Morgan fingerprint density at radius 1 is 1.59 bits per heavy atom. The van der Waals surface area contributed by atoms with Crippen molar-refractivity contribution in [1.29, 1.82) is 0 Å². The standard InChI is InChI=1S/C12H19N3O2/c1-17-12-10(13)2-3-11(14-12)15-6-4-9(8-15)5-7-16/h2-3,9,16H,4-8,13H2,1H3. The molecule has 0 bridgehead atoms. The Kier molecular flexibility index (Phi) is 3.68. The van der Waals surface area contributed by atoms with Gasteiger partial charge in [-0.1, -0.05) is 0 Å². The summed E-state index contributed by atoms with van der Waals surface area (Å²) in [5.74, 6) is 1.94. The van der Waals surface area contributed by atoms with Crippen LogP contribution in [-0.2, 0) is 0 Å². The molecule has 1 aliphatic heterocycles.